The van der Waals surface area contributed by atoms with E-state index in [0.29, 0.717) is 40.3 Å². The van der Waals surface area contributed by atoms with Crippen LogP contribution in [0.2, 0.25) is 0 Å². The standard InChI is InChI=1S/C21H19N5O3S2/c27-13-25(16-7-4-8-17(12-16)26-20(30)22-23-21(26)31)15-6-3-5-14(11-15)24-10-2-1-9-18(24)19(28)29/h1-8,11-13,18H,9-10H2,(H,22,30)(H,23,31)(H,28,29). The highest BCUT2D eigenvalue weighted by atomic mass is 32.1. The fourth-order valence-corrected chi connectivity index (χ4v) is 4.15. The van der Waals surface area contributed by atoms with E-state index in [1.165, 1.54) is 4.90 Å². The Morgan fingerprint density at radius 1 is 1.03 bits per heavy atom. The lowest BCUT2D eigenvalue weighted by molar-refractivity contribution is -0.138. The summed E-state index contributed by atoms with van der Waals surface area (Å²) in [6.07, 6.45) is 4.96. The summed E-state index contributed by atoms with van der Waals surface area (Å²) in [6, 6.07) is 13.8. The number of aliphatic carboxylic acids is 1. The first-order chi connectivity index (χ1) is 15.0. The number of anilines is 3. The van der Waals surface area contributed by atoms with Crippen LogP contribution < -0.4 is 9.80 Å². The zero-order valence-corrected chi connectivity index (χ0v) is 18.0. The van der Waals surface area contributed by atoms with E-state index in [0.717, 1.165) is 12.1 Å². The fraction of sp³-hybridized carbons (Fsp3) is 0.143. The Labute approximate surface area is 189 Å². The molecule has 0 aliphatic carbocycles. The maximum atomic E-state index is 12.0. The molecule has 1 unspecified atom stereocenters. The molecule has 1 atom stereocenters. The van der Waals surface area contributed by atoms with Crippen LogP contribution in [-0.4, -0.2) is 44.8 Å². The van der Waals surface area contributed by atoms with E-state index in [4.69, 9.17) is 0 Å². The molecule has 0 saturated carbocycles. The third kappa shape index (κ3) is 4.17. The van der Waals surface area contributed by atoms with Crippen molar-refractivity contribution < 1.29 is 14.7 Å². The molecule has 0 bridgehead atoms. The molecule has 1 amide bonds. The number of aromatic nitrogens is 3. The van der Waals surface area contributed by atoms with Gasteiger partial charge in [-0.05, 0) is 42.8 Å². The Hall–Kier alpha value is -3.24. The van der Waals surface area contributed by atoms with Crippen molar-refractivity contribution in [3.05, 3.63) is 60.7 Å². The van der Waals surface area contributed by atoms with Crippen LogP contribution in [-0.2, 0) is 9.59 Å². The van der Waals surface area contributed by atoms with Crippen molar-refractivity contribution in [1.82, 2.24) is 14.8 Å². The highest BCUT2D eigenvalue weighted by Crippen LogP contribution is 2.31. The summed E-state index contributed by atoms with van der Waals surface area (Å²) in [5.74, 6) is -0.881. The van der Waals surface area contributed by atoms with Crippen LogP contribution in [0.3, 0.4) is 0 Å². The second-order valence-electron chi connectivity index (χ2n) is 6.86. The summed E-state index contributed by atoms with van der Waals surface area (Å²) in [5.41, 5.74) is 2.66. The van der Waals surface area contributed by atoms with Crippen molar-refractivity contribution in [1.29, 1.82) is 0 Å². The Balaban J connectivity index is 1.70. The average Bonchev–Trinajstić information content (AvgIpc) is 3.12. The Morgan fingerprint density at radius 2 is 1.65 bits per heavy atom. The van der Waals surface area contributed by atoms with Crippen molar-refractivity contribution in [2.45, 2.75) is 22.8 Å². The number of carboxylic acid groups (broad SMARTS) is 1. The van der Waals surface area contributed by atoms with E-state index in [1.807, 2.05) is 35.3 Å². The largest absolute Gasteiger partial charge is 0.480 e. The molecule has 1 aliphatic rings. The minimum atomic E-state index is -0.881. The first kappa shape index (κ1) is 21.0. The van der Waals surface area contributed by atoms with Crippen LogP contribution >= 0.6 is 25.3 Å². The summed E-state index contributed by atoms with van der Waals surface area (Å²) in [4.78, 5) is 27.0. The monoisotopic (exact) mass is 453 g/mol. The van der Waals surface area contributed by atoms with Gasteiger partial charge in [0, 0.05) is 12.2 Å². The van der Waals surface area contributed by atoms with Gasteiger partial charge in [-0.1, -0.05) is 24.3 Å². The number of carbonyl (C=O) groups is 2. The SMILES string of the molecule is O=CN(c1cccc(N2CC=CCC2C(=O)O)c1)c1cccc(-n2c(S)nnc2S)c1. The molecular weight excluding hydrogens is 434 g/mol. The molecule has 8 nitrogen and oxygen atoms in total. The van der Waals surface area contributed by atoms with E-state index >= 15 is 0 Å². The zero-order valence-electron chi connectivity index (χ0n) is 16.2. The van der Waals surface area contributed by atoms with Crippen molar-refractivity contribution in [2.75, 3.05) is 16.3 Å². The first-order valence-electron chi connectivity index (χ1n) is 9.42. The van der Waals surface area contributed by atoms with Crippen LogP contribution in [0, 0.1) is 0 Å². The van der Waals surface area contributed by atoms with E-state index in [-0.39, 0.29) is 0 Å². The predicted molar refractivity (Wildman–Crippen MR) is 123 cm³/mol. The zero-order chi connectivity index (χ0) is 22.0. The first-order valence-corrected chi connectivity index (χ1v) is 10.3. The summed E-state index contributed by atoms with van der Waals surface area (Å²) in [7, 11) is 0. The lowest BCUT2D eigenvalue weighted by Crippen LogP contribution is -2.43. The van der Waals surface area contributed by atoms with Gasteiger partial charge in [0.05, 0.1) is 17.1 Å². The topological polar surface area (TPSA) is 91.6 Å². The number of hydrogen-bond acceptors (Lipinski definition) is 7. The maximum absolute atomic E-state index is 12.0. The number of hydrogen-bond donors (Lipinski definition) is 3. The van der Waals surface area contributed by atoms with Gasteiger partial charge in [-0.2, -0.15) is 0 Å². The fourth-order valence-electron chi connectivity index (χ4n) is 3.56. The third-order valence-electron chi connectivity index (χ3n) is 5.03. The molecule has 31 heavy (non-hydrogen) atoms. The van der Waals surface area contributed by atoms with Crippen LogP contribution in [0.1, 0.15) is 6.42 Å². The normalized spacial score (nSPS) is 15.7. The second-order valence-corrected chi connectivity index (χ2v) is 7.66. The molecule has 0 spiro atoms. The minimum absolute atomic E-state index is 0.375. The van der Waals surface area contributed by atoms with Crippen LogP contribution in [0.25, 0.3) is 5.69 Å². The molecule has 1 aliphatic heterocycles. The van der Waals surface area contributed by atoms with E-state index in [1.54, 1.807) is 34.9 Å². The molecule has 10 heteroatoms. The van der Waals surface area contributed by atoms with Gasteiger partial charge in [0.15, 0.2) is 10.3 Å². The van der Waals surface area contributed by atoms with Crippen LogP contribution in [0.15, 0.2) is 71.0 Å². The Kier molecular flexibility index (Phi) is 6.01. The molecule has 2 aromatic carbocycles. The number of thiol groups is 2. The van der Waals surface area contributed by atoms with Crippen LogP contribution in [0.5, 0.6) is 0 Å². The van der Waals surface area contributed by atoms with E-state index < -0.39 is 12.0 Å². The Morgan fingerprint density at radius 3 is 2.26 bits per heavy atom. The van der Waals surface area contributed by atoms with E-state index in [9.17, 15) is 14.7 Å². The van der Waals surface area contributed by atoms with Gasteiger partial charge in [-0.3, -0.25) is 14.3 Å². The number of amides is 1. The Bertz CT molecular complexity index is 1140. The molecular formula is C21H19N5O3S2. The van der Waals surface area contributed by atoms with Gasteiger partial charge < -0.3 is 10.0 Å². The third-order valence-corrected chi connectivity index (χ3v) is 5.61. The number of carboxylic acids is 1. The van der Waals surface area contributed by atoms with Gasteiger partial charge >= 0.3 is 5.97 Å². The summed E-state index contributed by atoms with van der Waals surface area (Å²) < 4.78 is 1.65. The lowest BCUT2D eigenvalue weighted by atomic mass is 10.1. The van der Waals surface area contributed by atoms with E-state index in [2.05, 4.69) is 35.5 Å². The number of rotatable bonds is 6. The average molecular weight is 454 g/mol. The molecule has 3 aromatic rings. The number of nitrogens with zero attached hydrogens (tertiary/aromatic N) is 5. The number of carbonyl (C=O) groups excluding carboxylic acids is 1. The summed E-state index contributed by atoms with van der Waals surface area (Å²) in [5, 5.41) is 18.1. The molecule has 0 saturated heterocycles. The van der Waals surface area contributed by atoms with Crippen molar-refractivity contribution in [2.24, 2.45) is 0 Å². The van der Waals surface area contributed by atoms with Gasteiger partial charge in [0.2, 0.25) is 6.41 Å². The molecule has 1 aromatic heterocycles. The predicted octanol–water partition coefficient (Wildman–Crippen LogP) is 3.36. The maximum Gasteiger partial charge on any atom is 0.326 e. The molecule has 1 N–H and O–H groups in total. The second kappa shape index (κ2) is 8.86. The minimum Gasteiger partial charge on any atom is -0.480 e. The molecule has 4 rings (SSSR count). The van der Waals surface area contributed by atoms with Crippen LogP contribution in [0.4, 0.5) is 17.1 Å². The summed E-state index contributed by atoms with van der Waals surface area (Å²) >= 11 is 8.61. The van der Waals surface area contributed by atoms with Gasteiger partial charge in [-0.15, -0.1) is 35.5 Å². The highest BCUT2D eigenvalue weighted by Gasteiger charge is 2.26. The lowest BCUT2D eigenvalue weighted by Gasteiger charge is -2.32. The molecule has 2 heterocycles. The molecule has 158 valence electrons. The number of benzene rings is 2. The van der Waals surface area contributed by atoms with Crippen molar-refractivity contribution in [3.8, 4) is 5.69 Å². The van der Waals surface area contributed by atoms with Crippen molar-refractivity contribution in [3.63, 3.8) is 0 Å². The van der Waals surface area contributed by atoms with Gasteiger partial charge in [0.25, 0.3) is 0 Å². The summed E-state index contributed by atoms with van der Waals surface area (Å²) in [6.45, 7) is 0.486. The van der Waals surface area contributed by atoms with Gasteiger partial charge in [0.1, 0.15) is 6.04 Å². The quantitative estimate of drug-likeness (QED) is 0.301. The highest BCUT2D eigenvalue weighted by molar-refractivity contribution is 7.80. The molecule has 0 radical (unpaired) electrons. The van der Waals surface area contributed by atoms with Gasteiger partial charge in [-0.25, -0.2) is 4.79 Å². The smallest absolute Gasteiger partial charge is 0.326 e. The molecule has 0 fully saturated rings. The van der Waals surface area contributed by atoms with Crippen molar-refractivity contribution >= 4 is 54.7 Å².